The van der Waals surface area contributed by atoms with Crippen LogP contribution in [0.5, 0.6) is 11.5 Å². The van der Waals surface area contributed by atoms with Gasteiger partial charge in [0.05, 0.1) is 26.4 Å². The number of nitrogens with zero attached hydrogens (tertiary/aromatic N) is 1. The Morgan fingerprint density at radius 1 is 0.957 bits per heavy atom. The molecule has 23 heavy (non-hydrogen) atoms. The fraction of sp³-hybridized carbons (Fsp3) is 0.167. The molecular formula is C18H17NO4. The summed E-state index contributed by atoms with van der Waals surface area (Å²) in [6, 6.07) is 15.0. The van der Waals surface area contributed by atoms with Crippen molar-refractivity contribution in [2.24, 2.45) is 0 Å². The highest BCUT2D eigenvalue weighted by Gasteiger charge is 2.19. The minimum absolute atomic E-state index is 0.178. The first kappa shape index (κ1) is 15.1. The van der Waals surface area contributed by atoms with Crippen molar-refractivity contribution in [2.45, 2.75) is 6.61 Å². The highest BCUT2D eigenvalue weighted by molar-refractivity contribution is 5.74. The Balaban J connectivity index is 2.13. The van der Waals surface area contributed by atoms with E-state index in [-0.39, 0.29) is 6.61 Å². The Morgan fingerprint density at radius 3 is 2.17 bits per heavy atom. The molecule has 0 saturated carbocycles. The van der Waals surface area contributed by atoms with Crippen molar-refractivity contribution in [1.29, 1.82) is 0 Å². The number of rotatable bonds is 5. The van der Waals surface area contributed by atoms with Crippen LogP contribution in [-0.4, -0.2) is 24.5 Å². The maximum absolute atomic E-state index is 9.80. The van der Waals surface area contributed by atoms with Gasteiger partial charge in [0, 0.05) is 17.2 Å². The average Bonchev–Trinajstić information content (AvgIpc) is 3.06. The molecule has 0 fully saturated rings. The van der Waals surface area contributed by atoms with E-state index in [2.05, 4.69) is 5.16 Å². The molecule has 1 heterocycles. The average molecular weight is 311 g/mol. The summed E-state index contributed by atoms with van der Waals surface area (Å²) in [4.78, 5) is 0. The summed E-state index contributed by atoms with van der Waals surface area (Å²) in [7, 11) is 3.17. The Kier molecular flexibility index (Phi) is 4.30. The quantitative estimate of drug-likeness (QED) is 0.781. The van der Waals surface area contributed by atoms with Crippen LogP contribution in [0.4, 0.5) is 0 Å². The molecule has 0 aliphatic carbocycles. The van der Waals surface area contributed by atoms with E-state index in [1.54, 1.807) is 20.3 Å². The number of hydrogen-bond acceptors (Lipinski definition) is 5. The van der Waals surface area contributed by atoms with Gasteiger partial charge in [0.25, 0.3) is 0 Å². The van der Waals surface area contributed by atoms with Gasteiger partial charge in [0.2, 0.25) is 0 Å². The molecule has 0 radical (unpaired) electrons. The highest BCUT2D eigenvalue weighted by Crippen LogP contribution is 2.35. The van der Waals surface area contributed by atoms with Crippen molar-refractivity contribution < 1.29 is 19.1 Å². The molecule has 5 nitrogen and oxygen atoms in total. The third-order valence-corrected chi connectivity index (χ3v) is 3.61. The van der Waals surface area contributed by atoms with E-state index in [9.17, 15) is 5.11 Å². The lowest BCUT2D eigenvalue weighted by atomic mass is 10.0. The Morgan fingerprint density at radius 2 is 1.61 bits per heavy atom. The molecule has 0 aliphatic heterocycles. The summed E-state index contributed by atoms with van der Waals surface area (Å²) in [5.74, 6) is 1.85. The second-order valence-corrected chi connectivity index (χ2v) is 4.96. The zero-order valence-electron chi connectivity index (χ0n) is 12.9. The van der Waals surface area contributed by atoms with Crippen LogP contribution >= 0.6 is 0 Å². The second kappa shape index (κ2) is 6.54. The van der Waals surface area contributed by atoms with Gasteiger partial charge in [-0.2, -0.15) is 0 Å². The van der Waals surface area contributed by atoms with Crippen molar-refractivity contribution in [3.63, 3.8) is 0 Å². The van der Waals surface area contributed by atoms with Gasteiger partial charge >= 0.3 is 0 Å². The summed E-state index contributed by atoms with van der Waals surface area (Å²) < 4.78 is 16.0. The molecule has 3 rings (SSSR count). The molecule has 0 bridgehead atoms. The molecule has 0 spiro atoms. The van der Waals surface area contributed by atoms with E-state index in [1.807, 2.05) is 42.5 Å². The molecule has 1 N–H and O–H groups in total. The number of methoxy groups -OCH3 is 2. The predicted octanol–water partition coefficient (Wildman–Crippen LogP) is 3.52. The fourth-order valence-corrected chi connectivity index (χ4v) is 2.44. The van der Waals surface area contributed by atoms with Crippen LogP contribution in [0.2, 0.25) is 0 Å². The van der Waals surface area contributed by atoms with E-state index in [0.717, 1.165) is 11.1 Å². The first-order valence-electron chi connectivity index (χ1n) is 7.15. The molecule has 118 valence electrons. The maximum Gasteiger partial charge on any atom is 0.173 e. The van der Waals surface area contributed by atoms with Gasteiger partial charge in [-0.15, -0.1) is 0 Å². The first-order chi connectivity index (χ1) is 11.3. The zero-order chi connectivity index (χ0) is 16.2. The lowest BCUT2D eigenvalue weighted by molar-refractivity contribution is 0.281. The summed E-state index contributed by atoms with van der Waals surface area (Å²) >= 11 is 0. The summed E-state index contributed by atoms with van der Waals surface area (Å²) in [5, 5.41) is 13.9. The SMILES string of the molecule is COc1cc(OC)cc(-c2noc(-c3ccccc3)c2CO)c1. The molecule has 3 aromatic rings. The number of aromatic nitrogens is 1. The highest BCUT2D eigenvalue weighted by atomic mass is 16.5. The van der Waals surface area contributed by atoms with Crippen molar-refractivity contribution in [3.8, 4) is 34.1 Å². The monoisotopic (exact) mass is 311 g/mol. The van der Waals surface area contributed by atoms with Gasteiger partial charge in [-0.3, -0.25) is 0 Å². The molecule has 0 amide bonds. The standard InChI is InChI=1S/C18H17NO4/c1-21-14-8-13(9-15(10-14)22-2)17-16(11-20)18(23-19-17)12-6-4-3-5-7-12/h3-10,20H,11H2,1-2H3. The maximum atomic E-state index is 9.80. The summed E-state index contributed by atoms with van der Waals surface area (Å²) in [5.41, 5.74) is 2.83. The van der Waals surface area contributed by atoms with Gasteiger partial charge in [0.1, 0.15) is 17.2 Å². The molecule has 0 saturated heterocycles. The molecule has 2 aromatic carbocycles. The third kappa shape index (κ3) is 2.91. The number of aliphatic hydroxyl groups is 1. The molecule has 0 aliphatic rings. The largest absolute Gasteiger partial charge is 0.497 e. The first-order valence-corrected chi connectivity index (χ1v) is 7.15. The minimum atomic E-state index is -0.178. The molecular weight excluding hydrogens is 294 g/mol. The van der Waals surface area contributed by atoms with Gasteiger partial charge in [-0.05, 0) is 12.1 Å². The summed E-state index contributed by atoms with van der Waals surface area (Å²) in [6.45, 7) is -0.178. The van der Waals surface area contributed by atoms with E-state index in [4.69, 9.17) is 14.0 Å². The van der Waals surface area contributed by atoms with Gasteiger partial charge in [-0.1, -0.05) is 35.5 Å². The van der Waals surface area contributed by atoms with Crippen LogP contribution in [0.1, 0.15) is 5.56 Å². The molecule has 0 atom stereocenters. The van der Waals surface area contributed by atoms with Crippen molar-refractivity contribution in [3.05, 3.63) is 54.1 Å². The number of aliphatic hydroxyl groups excluding tert-OH is 1. The normalized spacial score (nSPS) is 10.6. The predicted molar refractivity (Wildman–Crippen MR) is 86.4 cm³/mol. The van der Waals surface area contributed by atoms with E-state index < -0.39 is 0 Å². The van der Waals surface area contributed by atoms with Crippen molar-refractivity contribution in [1.82, 2.24) is 5.16 Å². The van der Waals surface area contributed by atoms with Gasteiger partial charge in [-0.25, -0.2) is 0 Å². The Bertz CT molecular complexity index is 774. The Labute approximate surface area is 134 Å². The van der Waals surface area contributed by atoms with E-state index in [0.29, 0.717) is 28.5 Å². The topological polar surface area (TPSA) is 64.7 Å². The van der Waals surface area contributed by atoms with Crippen LogP contribution in [0.15, 0.2) is 53.1 Å². The van der Waals surface area contributed by atoms with Crippen LogP contribution in [-0.2, 0) is 6.61 Å². The fourth-order valence-electron chi connectivity index (χ4n) is 2.44. The van der Waals surface area contributed by atoms with Crippen LogP contribution in [0, 0.1) is 0 Å². The number of ether oxygens (including phenoxy) is 2. The molecule has 0 unspecified atom stereocenters. The lowest BCUT2D eigenvalue weighted by Crippen LogP contribution is -1.92. The van der Waals surface area contributed by atoms with Crippen molar-refractivity contribution in [2.75, 3.05) is 14.2 Å². The zero-order valence-corrected chi connectivity index (χ0v) is 12.9. The smallest absolute Gasteiger partial charge is 0.173 e. The van der Waals surface area contributed by atoms with Crippen LogP contribution in [0.3, 0.4) is 0 Å². The third-order valence-electron chi connectivity index (χ3n) is 3.61. The van der Waals surface area contributed by atoms with Crippen LogP contribution in [0.25, 0.3) is 22.6 Å². The lowest BCUT2D eigenvalue weighted by Gasteiger charge is -2.07. The Hall–Kier alpha value is -2.79. The molecule has 5 heteroatoms. The van der Waals surface area contributed by atoms with E-state index >= 15 is 0 Å². The molecule has 1 aromatic heterocycles. The second-order valence-electron chi connectivity index (χ2n) is 4.96. The van der Waals surface area contributed by atoms with Crippen LogP contribution < -0.4 is 9.47 Å². The summed E-state index contributed by atoms with van der Waals surface area (Å²) in [6.07, 6.45) is 0. The van der Waals surface area contributed by atoms with Gasteiger partial charge in [0.15, 0.2) is 5.76 Å². The number of hydrogen-bond donors (Lipinski definition) is 1. The number of benzene rings is 2. The minimum Gasteiger partial charge on any atom is -0.497 e. The van der Waals surface area contributed by atoms with E-state index in [1.165, 1.54) is 0 Å². The van der Waals surface area contributed by atoms with Gasteiger partial charge < -0.3 is 19.1 Å². The van der Waals surface area contributed by atoms with Crippen molar-refractivity contribution >= 4 is 0 Å².